The van der Waals surface area contributed by atoms with Gasteiger partial charge in [0.15, 0.2) is 0 Å². The van der Waals surface area contributed by atoms with Gasteiger partial charge in [-0.1, -0.05) is 13.3 Å². The Bertz CT molecular complexity index is 447. The number of aryl methyl sites for hydroxylation is 2. The van der Waals surface area contributed by atoms with E-state index in [1.807, 2.05) is 24.8 Å². The van der Waals surface area contributed by atoms with Gasteiger partial charge in [0.05, 0.1) is 5.56 Å². The maximum atomic E-state index is 12.7. The van der Waals surface area contributed by atoms with Crippen LogP contribution in [0, 0.1) is 13.8 Å². The van der Waals surface area contributed by atoms with Gasteiger partial charge in [0.2, 0.25) is 0 Å². The summed E-state index contributed by atoms with van der Waals surface area (Å²) in [5, 5.41) is 3.52. The Hall–Kier alpha value is -1.29. The van der Waals surface area contributed by atoms with Crippen LogP contribution >= 0.6 is 0 Å². The molecule has 1 fully saturated rings. The van der Waals surface area contributed by atoms with Crippen molar-refractivity contribution in [3.63, 3.8) is 0 Å². The van der Waals surface area contributed by atoms with Gasteiger partial charge in [0, 0.05) is 19.1 Å². The summed E-state index contributed by atoms with van der Waals surface area (Å²) < 4.78 is 5.49. The Balaban J connectivity index is 2.06. The average molecular weight is 278 g/mol. The SMILES string of the molecule is CCCN(CC1CCCCN1)C(=O)c1cc(C)oc1C. The molecular weight excluding hydrogens is 252 g/mol. The molecule has 1 aromatic heterocycles. The third kappa shape index (κ3) is 3.63. The first-order chi connectivity index (χ1) is 9.61. The molecule has 0 saturated carbocycles. The smallest absolute Gasteiger partial charge is 0.257 e. The number of hydrogen-bond donors (Lipinski definition) is 1. The van der Waals surface area contributed by atoms with E-state index in [-0.39, 0.29) is 5.91 Å². The molecule has 2 rings (SSSR count). The number of carbonyl (C=O) groups excluding carboxylic acids is 1. The lowest BCUT2D eigenvalue weighted by atomic mass is 10.0. The van der Waals surface area contributed by atoms with Crippen molar-refractivity contribution in [1.82, 2.24) is 10.2 Å². The summed E-state index contributed by atoms with van der Waals surface area (Å²) in [6, 6.07) is 2.29. The van der Waals surface area contributed by atoms with Crippen molar-refractivity contribution in [2.45, 2.75) is 52.5 Å². The van der Waals surface area contributed by atoms with Gasteiger partial charge in [0.25, 0.3) is 5.91 Å². The van der Waals surface area contributed by atoms with Crippen LogP contribution in [-0.2, 0) is 0 Å². The largest absolute Gasteiger partial charge is 0.466 e. The zero-order valence-corrected chi connectivity index (χ0v) is 12.9. The molecule has 1 unspecified atom stereocenters. The second kappa shape index (κ2) is 6.93. The summed E-state index contributed by atoms with van der Waals surface area (Å²) in [5.74, 6) is 1.64. The summed E-state index contributed by atoms with van der Waals surface area (Å²) in [4.78, 5) is 14.7. The van der Waals surface area contributed by atoms with E-state index in [4.69, 9.17) is 4.42 Å². The molecule has 1 aliphatic heterocycles. The minimum atomic E-state index is 0.105. The van der Waals surface area contributed by atoms with Gasteiger partial charge < -0.3 is 14.6 Å². The molecule has 4 nitrogen and oxygen atoms in total. The zero-order chi connectivity index (χ0) is 14.5. The minimum Gasteiger partial charge on any atom is -0.466 e. The monoisotopic (exact) mass is 278 g/mol. The Morgan fingerprint density at radius 1 is 1.45 bits per heavy atom. The maximum Gasteiger partial charge on any atom is 0.257 e. The van der Waals surface area contributed by atoms with Crippen LogP contribution in [0.4, 0.5) is 0 Å². The third-order valence-electron chi connectivity index (χ3n) is 3.91. The van der Waals surface area contributed by atoms with Crippen molar-refractivity contribution < 1.29 is 9.21 Å². The van der Waals surface area contributed by atoms with Crippen molar-refractivity contribution in [2.75, 3.05) is 19.6 Å². The van der Waals surface area contributed by atoms with Crippen LogP contribution < -0.4 is 5.32 Å². The van der Waals surface area contributed by atoms with Crippen LogP contribution in [0.1, 0.15) is 54.5 Å². The Morgan fingerprint density at radius 2 is 2.25 bits per heavy atom. The Kier molecular flexibility index (Phi) is 5.24. The number of nitrogens with one attached hydrogen (secondary N) is 1. The molecule has 1 N–H and O–H groups in total. The number of amides is 1. The summed E-state index contributed by atoms with van der Waals surface area (Å²) >= 11 is 0. The fourth-order valence-electron chi connectivity index (χ4n) is 2.91. The number of rotatable bonds is 5. The highest BCUT2D eigenvalue weighted by Gasteiger charge is 2.23. The van der Waals surface area contributed by atoms with Gasteiger partial charge in [-0.2, -0.15) is 0 Å². The van der Waals surface area contributed by atoms with Gasteiger partial charge in [0.1, 0.15) is 11.5 Å². The fraction of sp³-hybridized carbons (Fsp3) is 0.688. The van der Waals surface area contributed by atoms with Crippen molar-refractivity contribution in [3.8, 4) is 0 Å². The highest BCUT2D eigenvalue weighted by atomic mass is 16.3. The molecule has 0 aromatic carbocycles. The van der Waals surface area contributed by atoms with Crippen LogP contribution in [0.5, 0.6) is 0 Å². The van der Waals surface area contributed by atoms with Crippen LogP contribution in [-0.4, -0.2) is 36.5 Å². The first-order valence-electron chi connectivity index (χ1n) is 7.71. The second-order valence-corrected chi connectivity index (χ2v) is 5.72. The first kappa shape index (κ1) is 15.1. The maximum absolute atomic E-state index is 12.7. The molecule has 0 spiro atoms. The van der Waals surface area contributed by atoms with E-state index in [2.05, 4.69) is 12.2 Å². The number of nitrogens with zero attached hydrogens (tertiary/aromatic N) is 1. The quantitative estimate of drug-likeness (QED) is 0.900. The fourth-order valence-corrected chi connectivity index (χ4v) is 2.91. The standard InChI is InChI=1S/C16H26N2O2/c1-4-9-18(11-14-7-5-6-8-17-14)16(19)15-10-12(2)20-13(15)3/h10,14,17H,4-9,11H2,1-3H3. The lowest BCUT2D eigenvalue weighted by Crippen LogP contribution is -2.46. The molecule has 1 aliphatic rings. The highest BCUT2D eigenvalue weighted by Crippen LogP contribution is 2.17. The van der Waals surface area contributed by atoms with Gasteiger partial charge in [-0.3, -0.25) is 4.79 Å². The molecule has 0 aliphatic carbocycles. The van der Waals surface area contributed by atoms with Crippen molar-refractivity contribution in [3.05, 3.63) is 23.2 Å². The summed E-state index contributed by atoms with van der Waals surface area (Å²) in [7, 11) is 0. The topological polar surface area (TPSA) is 45.5 Å². The molecule has 1 atom stereocenters. The van der Waals surface area contributed by atoms with E-state index in [9.17, 15) is 4.79 Å². The normalized spacial score (nSPS) is 19.1. The number of hydrogen-bond acceptors (Lipinski definition) is 3. The van der Waals surface area contributed by atoms with Crippen LogP contribution in [0.15, 0.2) is 10.5 Å². The van der Waals surface area contributed by atoms with E-state index in [1.165, 1.54) is 12.8 Å². The van der Waals surface area contributed by atoms with Gasteiger partial charge in [-0.05, 0) is 45.7 Å². The van der Waals surface area contributed by atoms with Gasteiger partial charge >= 0.3 is 0 Å². The highest BCUT2D eigenvalue weighted by molar-refractivity contribution is 5.95. The summed E-state index contributed by atoms with van der Waals surface area (Å²) in [5.41, 5.74) is 0.715. The molecule has 0 bridgehead atoms. The molecule has 4 heteroatoms. The van der Waals surface area contributed by atoms with Gasteiger partial charge in [-0.15, -0.1) is 0 Å². The first-order valence-corrected chi connectivity index (χ1v) is 7.71. The summed E-state index contributed by atoms with van der Waals surface area (Å²) in [6.07, 6.45) is 4.65. The lowest BCUT2D eigenvalue weighted by molar-refractivity contribution is 0.0730. The zero-order valence-electron chi connectivity index (χ0n) is 12.9. The van der Waals surface area contributed by atoms with Crippen LogP contribution in [0.2, 0.25) is 0 Å². The van der Waals surface area contributed by atoms with E-state index in [0.29, 0.717) is 11.6 Å². The molecule has 112 valence electrons. The predicted molar refractivity (Wildman–Crippen MR) is 80.0 cm³/mol. The van der Waals surface area contributed by atoms with E-state index in [1.54, 1.807) is 0 Å². The molecule has 2 heterocycles. The lowest BCUT2D eigenvalue weighted by Gasteiger charge is -2.30. The van der Waals surface area contributed by atoms with Crippen molar-refractivity contribution in [2.24, 2.45) is 0 Å². The minimum absolute atomic E-state index is 0.105. The molecular formula is C16H26N2O2. The van der Waals surface area contributed by atoms with E-state index >= 15 is 0 Å². The van der Waals surface area contributed by atoms with Gasteiger partial charge in [-0.25, -0.2) is 0 Å². The predicted octanol–water partition coefficient (Wildman–Crippen LogP) is 2.89. The molecule has 0 radical (unpaired) electrons. The summed E-state index contributed by atoms with van der Waals surface area (Å²) in [6.45, 7) is 8.54. The van der Waals surface area contributed by atoms with Crippen LogP contribution in [0.25, 0.3) is 0 Å². The Labute approximate surface area is 121 Å². The average Bonchev–Trinajstić information content (AvgIpc) is 2.77. The van der Waals surface area contributed by atoms with Crippen LogP contribution in [0.3, 0.4) is 0 Å². The van der Waals surface area contributed by atoms with E-state index < -0.39 is 0 Å². The molecule has 1 amide bonds. The molecule has 1 saturated heterocycles. The molecule has 20 heavy (non-hydrogen) atoms. The third-order valence-corrected chi connectivity index (χ3v) is 3.91. The number of carbonyl (C=O) groups is 1. The number of furan rings is 1. The van der Waals surface area contributed by atoms with Crippen molar-refractivity contribution in [1.29, 1.82) is 0 Å². The Morgan fingerprint density at radius 3 is 2.80 bits per heavy atom. The number of piperidine rings is 1. The molecule has 1 aromatic rings. The van der Waals surface area contributed by atoms with Crippen molar-refractivity contribution >= 4 is 5.91 Å². The second-order valence-electron chi connectivity index (χ2n) is 5.72. The van der Waals surface area contributed by atoms with E-state index in [0.717, 1.165) is 44.0 Å².